The minimum absolute atomic E-state index is 0.00949. The molecule has 0 unspecified atom stereocenters. The second kappa shape index (κ2) is 9.57. The van der Waals surface area contributed by atoms with E-state index in [1.54, 1.807) is 18.2 Å². The van der Waals surface area contributed by atoms with Crippen LogP contribution in [0.25, 0.3) is 0 Å². The fraction of sp³-hybridized carbons (Fsp3) is 0.350. The van der Waals surface area contributed by atoms with Gasteiger partial charge in [-0.3, -0.25) is 0 Å². The van der Waals surface area contributed by atoms with Crippen molar-refractivity contribution in [2.24, 2.45) is 0 Å². The van der Waals surface area contributed by atoms with E-state index in [2.05, 4.69) is 11.8 Å². The van der Waals surface area contributed by atoms with Crippen LogP contribution in [-0.2, 0) is 4.74 Å². The van der Waals surface area contributed by atoms with E-state index in [0.29, 0.717) is 18.0 Å². The average molecular weight is 343 g/mol. The summed E-state index contributed by atoms with van der Waals surface area (Å²) in [5.74, 6) is 0.880. The summed E-state index contributed by atoms with van der Waals surface area (Å²) in [6.45, 7) is 7.56. The first kappa shape index (κ1) is 18.6. The Labute approximate surface area is 149 Å². The van der Waals surface area contributed by atoms with Crippen LogP contribution in [0.2, 0.25) is 0 Å². The van der Waals surface area contributed by atoms with Crippen LogP contribution in [0.15, 0.2) is 54.6 Å². The molecule has 5 heteroatoms. The minimum atomic E-state index is -0.732. The van der Waals surface area contributed by atoms with Crippen molar-refractivity contribution in [2.45, 2.75) is 26.9 Å². The first-order chi connectivity index (χ1) is 12.1. The summed E-state index contributed by atoms with van der Waals surface area (Å²) in [6, 6.07) is 17.1. The van der Waals surface area contributed by atoms with Gasteiger partial charge in [0.1, 0.15) is 6.61 Å². The van der Waals surface area contributed by atoms with Crippen LogP contribution in [0.1, 0.15) is 20.8 Å². The molecule has 0 amide bonds. The molecule has 0 saturated carbocycles. The highest BCUT2D eigenvalue weighted by Gasteiger charge is 2.13. The molecule has 2 aromatic rings. The van der Waals surface area contributed by atoms with Gasteiger partial charge >= 0.3 is 6.16 Å². The van der Waals surface area contributed by atoms with Gasteiger partial charge in [0.05, 0.1) is 12.6 Å². The molecule has 0 spiro atoms. The Morgan fingerprint density at radius 2 is 1.64 bits per heavy atom. The van der Waals surface area contributed by atoms with E-state index in [-0.39, 0.29) is 12.7 Å². The lowest BCUT2D eigenvalue weighted by Crippen LogP contribution is -2.28. The smallest absolute Gasteiger partial charge is 0.487 e. The molecule has 0 N–H and O–H groups in total. The largest absolute Gasteiger partial charge is 0.514 e. The van der Waals surface area contributed by atoms with Crippen LogP contribution in [-0.4, -0.2) is 32.0 Å². The van der Waals surface area contributed by atoms with E-state index in [1.165, 1.54) is 0 Å². The molecule has 2 aromatic carbocycles. The van der Waals surface area contributed by atoms with Crippen molar-refractivity contribution in [2.75, 3.05) is 24.6 Å². The highest BCUT2D eigenvalue weighted by molar-refractivity contribution is 5.65. The number of benzene rings is 2. The predicted molar refractivity (Wildman–Crippen MR) is 98.5 cm³/mol. The third-order valence-corrected chi connectivity index (χ3v) is 3.49. The zero-order valence-electron chi connectivity index (χ0n) is 15.0. The van der Waals surface area contributed by atoms with Gasteiger partial charge < -0.3 is 19.1 Å². The summed E-state index contributed by atoms with van der Waals surface area (Å²) in [7, 11) is 0. The highest BCUT2D eigenvalue weighted by atomic mass is 16.7. The van der Waals surface area contributed by atoms with E-state index < -0.39 is 6.16 Å². The van der Waals surface area contributed by atoms with Gasteiger partial charge in [-0.1, -0.05) is 30.3 Å². The minimum Gasteiger partial charge on any atom is -0.487 e. The predicted octanol–water partition coefficient (Wildman–Crippen LogP) is 4.52. The quantitative estimate of drug-likeness (QED) is 0.521. The van der Waals surface area contributed by atoms with Gasteiger partial charge in [0.15, 0.2) is 11.5 Å². The zero-order valence-corrected chi connectivity index (χ0v) is 15.0. The molecule has 2 rings (SSSR count). The van der Waals surface area contributed by atoms with Crippen molar-refractivity contribution in [3.05, 3.63) is 54.6 Å². The topological polar surface area (TPSA) is 48.0 Å². The van der Waals surface area contributed by atoms with Crippen molar-refractivity contribution in [1.29, 1.82) is 0 Å². The summed E-state index contributed by atoms with van der Waals surface area (Å²) < 4.78 is 16.1. The molecule has 0 aliphatic rings. The Morgan fingerprint density at radius 3 is 2.28 bits per heavy atom. The second-order valence-corrected chi connectivity index (χ2v) is 5.73. The molecule has 0 atom stereocenters. The maximum atomic E-state index is 11.9. The molecular formula is C20H25NO4. The first-order valence-electron chi connectivity index (χ1n) is 8.50. The molecule has 5 nitrogen and oxygen atoms in total. The number of likely N-dealkylation sites (N-methyl/N-ethyl adjacent to an activating group) is 1. The van der Waals surface area contributed by atoms with E-state index in [4.69, 9.17) is 14.2 Å². The van der Waals surface area contributed by atoms with Crippen molar-refractivity contribution >= 4 is 11.8 Å². The van der Waals surface area contributed by atoms with Gasteiger partial charge in [-0.25, -0.2) is 4.79 Å². The zero-order chi connectivity index (χ0) is 18.1. The van der Waals surface area contributed by atoms with Crippen molar-refractivity contribution in [1.82, 2.24) is 0 Å². The number of ether oxygens (including phenoxy) is 3. The number of rotatable bonds is 8. The Bertz CT molecular complexity index is 658. The number of carbonyl (C=O) groups is 1. The van der Waals surface area contributed by atoms with Crippen LogP contribution in [0.3, 0.4) is 0 Å². The Morgan fingerprint density at radius 1 is 1.00 bits per heavy atom. The van der Waals surface area contributed by atoms with Gasteiger partial charge in [-0.05, 0) is 45.0 Å². The molecule has 0 aromatic heterocycles. The summed E-state index contributed by atoms with van der Waals surface area (Å²) >= 11 is 0. The number of para-hydroxylation sites is 3. The molecular weight excluding hydrogens is 318 g/mol. The molecule has 0 aliphatic carbocycles. The molecule has 0 aliphatic heterocycles. The van der Waals surface area contributed by atoms with E-state index in [0.717, 1.165) is 12.2 Å². The van der Waals surface area contributed by atoms with E-state index in [1.807, 2.05) is 50.2 Å². The van der Waals surface area contributed by atoms with Crippen LogP contribution in [0.4, 0.5) is 10.5 Å². The lowest BCUT2D eigenvalue weighted by Gasteiger charge is -2.22. The van der Waals surface area contributed by atoms with Crippen molar-refractivity contribution in [3.63, 3.8) is 0 Å². The van der Waals surface area contributed by atoms with Crippen LogP contribution in [0, 0.1) is 0 Å². The lowest BCUT2D eigenvalue weighted by atomic mass is 10.3. The fourth-order valence-electron chi connectivity index (χ4n) is 2.35. The number of hydrogen-bond donors (Lipinski definition) is 0. The van der Waals surface area contributed by atoms with Crippen LogP contribution >= 0.6 is 0 Å². The fourth-order valence-corrected chi connectivity index (χ4v) is 2.35. The molecule has 0 saturated heterocycles. The third kappa shape index (κ3) is 6.03. The third-order valence-electron chi connectivity index (χ3n) is 3.49. The first-order valence-corrected chi connectivity index (χ1v) is 8.50. The van der Waals surface area contributed by atoms with Gasteiger partial charge in [-0.15, -0.1) is 0 Å². The molecule has 0 heterocycles. The summed E-state index contributed by atoms with van der Waals surface area (Å²) in [6.07, 6.45) is -0.742. The normalized spacial score (nSPS) is 10.4. The lowest BCUT2D eigenvalue weighted by molar-refractivity contribution is 0.0989. The second-order valence-electron chi connectivity index (χ2n) is 5.73. The maximum Gasteiger partial charge on any atom is 0.514 e. The van der Waals surface area contributed by atoms with Gasteiger partial charge in [0.25, 0.3) is 0 Å². The highest BCUT2D eigenvalue weighted by Crippen LogP contribution is 2.27. The van der Waals surface area contributed by atoms with Gasteiger partial charge in [-0.2, -0.15) is 0 Å². The number of hydrogen-bond acceptors (Lipinski definition) is 5. The van der Waals surface area contributed by atoms with Crippen LogP contribution in [0.5, 0.6) is 11.5 Å². The summed E-state index contributed by atoms with van der Waals surface area (Å²) in [5, 5.41) is 0. The SMILES string of the molecule is CCN(CCOC(=O)Oc1ccccc1OC(C)C)c1ccccc1. The van der Waals surface area contributed by atoms with Crippen LogP contribution < -0.4 is 14.4 Å². The van der Waals surface area contributed by atoms with Gasteiger partial charge in [0.2, 0.25) is 0 Å². The van der Waals surface area contributed by atoms with Gasteiger partial charge in [0, 0.05) is 12.2 Å². The molecule has 25 heavy (non-hydrogen) atoms. The van der Waals surface area contributed by atoms with Crippen molar-refractivity contribution < 1.29 is 19.0 Å². The van der Waals surface area contributed by atoms with E-state index >= 15 is 0 Å². The van der Waals surface area contributed by atoms with Crippen molar-refractivity contribution in [3.8, 4) is 11.5 Å². The Kier molecular flexibility index (Phi) is 7.14. The summed E-state index contributed by atoms with van der Waals surface area (Å²) in [5.41, 5.74) is 1.10. The number of nitrogens with zero attached hydrogens (tertiary/aromatic N) is 1. The monoisotopic (exact) mass is 343 g/mol. The molecule has 134 valence electrons. The average Bonchev–Trinajstić information content (AvgIpc) is 2.61. The molecule has 0 bridgehead atoms. The molecule has 0 radical (unpaired) electrons. The number of carbonyl (C=O) groups excluding carboxylic acids is 1. The Balaban J connectivity index is 1.85. The maximum absolute atomic E-state index is 11.9. The molecule has 0 fully saturated rings. The summed E-state index contributed by atoms with van der Waals surface area (Å²) in [4.78, 5) is 14.1. The van der Waals surface area contributed by atoms with E-state index in [9.17, 15) is 4.79 Å². The Hall–Kier alpha value is -2.69. The number of anilines is 1. The standard InChI is InChI=1S/C20H25NO4/c1-4-21(17-10-6-5-7-11-17)14-15-23-20(22)25-19-13-9-8-12-18(19)24-16(2)3/h5-13,16H,4,14-15H2,1-3H3.